The van der Waals surface area contributed by atoms with Crippen LogP contribution in [0.5, 0.6) is 0 Å². The Bertz CT molecular complexity index is 1550. The monoisotopic (exact) mass is 500 g/mol. The Kier molecular flexibility index (Phi) is 5.62. The number of pyridine rings is 1. The molecule has 0 aliphatic carbocycles. The van der Waals surface area contributed by atoms with Gasteiger partial charge in [-0.25, -0.2) is 17.8 Å². The maximum absolute atomic E-state index is 13.7. The van der Waals surface area contributed by atoms with Crippen LogP contribution in [0.15, 0.2) is 47.2 Å². The van der Waals surface area contributed by atoms with E-state index < -0.39 is 33.9 Å². The van der Waals surface area contributed by atoms with Gasteiger partial charge in [-0.3, -0.25) is 9.20 Å². The van der Waals surface area contributed by atoms with Crippen molar-refractivity contribution in [3.05, 3.63) is 65.7 Å². The maximum Gasteiger partial charge on any atom is 0.274 e. The van der Waals surface area contributed by atoms with Crippen LogP contribution in [0.2, 0.25) is 0 Å². The number of nitrogens with one attached hydrogen (secondary N) is 1. The molecule has 13 heteroatoms. The summed E-state index contributed by atoms with van der Waals surface area (Å²) >= 11 is 0. The molecule has 1 aliphatic rings. The van der Waals surface area contributed by atoms with Crippen LogP contribution in [0.3, 0.4) is 0 Å². The van der Waals surface area contributed by atoms with Crippen LogP contribution in [-0.4, -0.2) is 62.2 Å². The molecule has 0 bridgehead atoms. The topological polar surface area (TPSA) is 143 Å². The second kappa shape index (κ2) is 8.52. The molecule has 0 saturated carbocycles. The van der Waals surface area contributed by atoms with Crippen LogP contribution < -0.4 is 5.32 Å². The highest BCUT2D eigenvalue weighted by Crippen LogP contribution is 2.34. The Morgan fingerprint density at radius 1 is 1.29 bits per heavy atom. The molecule has 4 heterocycles. The Morgan fingerprint density at radius 3 is 2.86 bits per heavy atom. The summed E-state index contributed by atoms with van der Waals surface area (Å²) in [5.74, 6) is -0.719. The van der Waals surface area contributed by atoms with Crippen LogP contribution in [0.1, 0.15) is 34.4 Å². The second-order valence-electron chi connectivity index (χ2n) is 8.40. The summed E-state index contributed by atoms with van der Waals surface area (Å²) in [7, 11) is -3.59. The molecular formula is C22H21FN6O5S. The van der Waals surface area contributed by atoms with Crippen LogP contribution in [0, 0.1) is 12.7 Å². The smallest absolute Gasteiger partial charge is 0.274 e. The lowest BCUT2D eigenvalue weighted by Crippen LogP contribution is -2.30. The molecule has 0 spiro atoms. The number of rotatable bonds is 5. The number of aliphatic hydroxyl groups is 1. The Labute approximate surface area is 199 Å². The number of carbonyl (C=O) groups excluding carboxylic acids is 1. The first-order valence-electron chi connectivity index (χ1n) is 10.6. The zero-order valence-corrected chi connectivity index (χ0v) is 19.5. The first kappa shape index (κ1) is 23.1. The summed E-state index contributed by atoms with van der Waals surface area (Å²) in [6.45, 7) is 1.76. The molecule has 11 nitrogen and oxygen atoms in total. The number of hydrogen-bond acceptors (Lipinski definition) is 8. The van der Waals surface area contributed by atoms with E-state index in [-0.39, 0.29) is 30.4 Å². The first-order chi connectivity index (χ1) is 16.6. The van der Waals surface area contributed by atoms with Crippen molar-refractivity contribution in [2.45, 2.75) is 25.5 Å². The minimum Gasteiger partial charge on any atom is -0.392 e. The molecule has 1 aromatic carbocycles. The van der Waals surface area contributed by atoms with Gasteiger partial charge in [0.25, 0.3) is 5.91 Å². The molecule has 0 unspecified atom stereocenters. The highest BCUT2D eigenvalue weighted by molar-refractivity contribution is 7.88. The number of aromatic nitrogens is 4. The van der Waals surface area contributed by atoms with E-state index >= 15 is 0 Å². The van der Waals surface area contributed by atoms with Gasteiger partial charge in [0.1, 0.15) is 23.2 Å². The quantitative estimate of drug-likeness (QED) is 0.424. The van der Waals surface area contributed by atoms with Crippen molar-refractivity contribution in [2.24, 2.45) is 0 Å². The van der Waals surface area contributed by atoms with Gasteiger partial charge in [-0.2, -0.15) is 9.29 Å². The molecule has 2 atom stereocenters. The predicted molar refractivity (Wildman–Crippen MR) is 122 cm³/mol. The third-order valence-electron chi connectivity index (χ3n) is 5.83. The number of aryl methyl sites for hydroxylation is 1. The average Bonchev–Trinajstić information content (AvgIpc) is 3.52. The number of aliphatic hydroxyl groups excluding tert-OH is 1. The van der Waals surface area contributed by atoms with Gasteiger partial charge in [0.05, 0.1) is 18.6 Å². The molecule has 2 N–H and O–H groups in total. The lowest BCUT2D eigenvalue weighted by molar-refractivity contribution is 0.102. The number of nitrogens with zero attached hydrogens (tertiary/aromatic N) is 5. The molecule has 35 heavy (non-hydrogen) atoms. The molecule has 1 aliphatic heterocycles. The van der Waals surface area contributed by atoms with Gasteiger partial charge < -0.3 is 14.9 Å². The van der Waals surface area contributed by atoms with Gasteiger partial charge in [0.2, 0.25) is 21.7 Å². The van der Waals surface area contributed by atoms with Gasteiger partial charge in [-0.05, 0) is 30.7 Å². The van der Waals surface area contributed by atoms with E-state index in [1.54, 1.807) is 25.1 Å². The van der Waals surface area contributed by atoms with E-state index in [2.05, 4.69) is 20.4 Å². The molecule has 1 fully saturated rings. The third kappa shape index (κ3) is 4.40. The van der Waals surface area contributed by atoms with Crippen LogP contribution in [0.4, 0.5) is 10.1 Å². The van der Waals surface area contributed by atoms with Crippen LogP contribution in [0.25, 0.3) is 17.0 Å². The summed E-state index contributed by atoms with van der Waals surface area (Å²) < 4.78 is 45.6. The van der Waals surface area contributed by atoms with Gasteiger partial charge >= 0.3 is 0 Å². The average molecular weight is 501 g/mol. The fourth-order valence-corrected chi connectivity index (χ4v) is 5.15. The highest BCUT2D eigenvalue weighted by atomic mass is 32.2. The zero-order valence-electron chi connectivity index (χ0n) is 18.7. The number of amides is 1. The molecule has 1 amide bonds. The van der Waals surface area contributed by atoms with Crippen LogP contribution >= 0.6 is 0 Å². The Balaban J connectivity index is 1.42. The van der Waals surface area contributed by atoms with Crippen LogP contribution in [-0.2, 0) is 10.0 Å². The molecule has 4 aromatic rings. The second-order valence-corrected chi connectivity index (χ2v) is 10.3. The predicted octanol–water partition coefficient (Wildman–Crippen LogP) is 2.15. The molecule has 3 aromatic heterocycles. The van der Waals surface area contributed by atoms with Crippen molar-refractivity contribution in [3.63, 3.8) is 0 Å². The summed E-state index contributed by atoms with van der Waals surface area (Å²) in [6.07, 6.45) is 2.91. The normalized spacial score (nSPS) is 18.9. The van der Waals surface area contributed by atoms with Crippen molar-refractivity contribution in [2.75, 3.05) is 18.1 Å². The zero-order chi connectivity index (χ0) is 24.9. The number of benzene rings is 1. The van der Waals surface area contributed by atoms with E-state index in [4.69, 9.17) is 4.52 Å². The number of sulfonamides is 1. The number of halogens is 1. The van der Waals surface area contributed by atoms with E-state index in [0.717, 1.165) is 16.1 Å². The molecule has 0 radical (unpaired) electrons. The largest absolute Gasteiger partial charge is 0.392 e. The maximum atomic E-state index is 13.7. The first-order valence-corrected chi connectivity index (χ1v) is 12.5. The number of anilines is 1. The van der Waals surface area contributed by atoms with Crippen molar-refractivity contribution in [1.82, 2.24) is 23.8 Å². The van der Waals surface area contributed by atoms with Gasteiger partial charge in [-0.1, -0.05) is 17.3 Å². The molecular weight excluding hydrogens is 479 g/mol. The molecule has 1 saturated heterocycles. The summed E-state index contributed by atoms with van der Waals surface area (Å²) in [4.78, 5) is 21.4. The molecule has 182 valence electrons. The van der Waals surface area contributed by atoms with E-state index in [0.29, 0.717) is 16.9 Å². The SMILES string of the molecule is Cc1ccc(-c2noc([C@H]3C[C@@H](O)CN3S(C)(=O)=O)n2)cc1NC(=O)c1cnc2ccc(F)cn12. The third-order valence-corrected chi connectivity index (χ3v) is 7.09. The minimum absolute atomic E-state index is 0.0465. The summed E-state index contributed by atoms with van der Waals surface area (Å²) in [6, 6.07) is 7.13. The fourth-order valence-electron chi connectivity index (χ4n) is 4.07. The van der Waals surface area contributed by atoms with Gasteiger partial charge in [0.15, 0.2) is 0 Å². The number of fused-ring (bicyclic) bond motifs is 1. The van der Waals surface area contributed by atoms with Gasteiger partial charge in [0, 0.05) is 30.4 Å². The van der Waals surface area contributed by atoms with Crippen molar-refractivity contribution < 1.29 is 27.2 Å². The van der Waals surface area contributed by atoms with E-state index in [1.807, 2.05) is 0 Å². The minimum atomic E-state index is -3.59. The number of imidazole rings is 1. The molecule has 5 rings (SSSR count). The number of carbonyl (C=O) groups is 1. The van der Waals surface area contributed by atoms with Crippen molar-refractivity contribution in [1.29, 1.82) is 0 Å². The Morgan fingerprint density at radius 2 is 2.09 bits per heavy atom. The van der Waals surface area contributed by atoms with E-state index in [1.165, 1.54) is 28.9 Å². The highest BCUT2D eigenvalue weighted by Gasteiger charge is 2.41. The van der Waals surface area contributed by atoms with Crippen molar-refractivity contribution in [3.8, 4) is 11.4 Å². The Hall–Kier alpha value is -3.68. The number of β-amino-alcohol motifs (C(OH)–C–C–N with tert-alkyl or cyclic N) is 1. The number of hydrogen-bond donors (Lipinski definition) is 2. The van der Waals surface area contributed by atoms with Gasteiger partial charge in [-0.15, -0.1) is 0 Å². The fraction of sp³-hybridized carbons (Fsp3) is 0.273. The van der Waals surface area contributed by atoms with E-state index in [9.17, 15) is 22.7 Å². The standard InChI is InChI=1S/C22H21FN6O5S/c1-12-3-4-13(20-26-22(34-27-20)17-8-15(30)11-29(17)35(2,32)33)7-16(12)25-21(31)18-9-24-19-6-5-14(23)10-28(18)19/h3-7,9-10,15,17,30H,8,11H2,1-2H3,(H,25,31)/t15-,17-/m1/s1. The lowest BCUT2D eigenvalue weighted by Gasteiger charge is -2.17. The van der Waals surface area contributed by atoms with Crippen molar-refractivity contribution >= 4 is 27.3 Å². The lowest BCUT2D eigenvalue weighted by atomic mass is 10.1. The summed E-state index contributed by atoms with van der Waals surface area (Å²) in [5, 5.41) is 16.7. The summed E-state index contributed by atoms with van der Waals surface area (Å²) in [5.41, 5.74) is 2.34.